The van der Waals surface area contributed by atoms with E-state index in [0.717, 1.165) is 16.9 Å². The smallest absolute Gasteiger partial charge is 0.293 e. The predicted molar refractivity (Wildman–Crippen MR) is 89.9 cm³/mol. The highest BCUT2D eigenvalue weighted by molar-refractivity contribution is 6.01. The van der Waals surface area contributed by atoms with Gasteiger partial charge >= 0.3 is 0 Å². The van der Waals surface area contributed by atoms with Crippen molar-refractivity contribution in [3.63, 3.8) is 0 Å². The summed E-state index contributed by atoms with van der Waals surface area (Å²) >= 11 is 0. The second-order valence-corrected chi connectivity index (χ2v) is 6.16. The van der Waals surface area contributed by atoms with E-state index in [0.29, 0.717) is 13.0 Å². The number of nitrogens with zero attached hydrogens (tertiary/aromatic N) is 3. The van der Waals surface area contributed by atoms with Crippen LogP contribution in [0.25, 0.3) is 0 Å². The fraction of sp³-hybridized carbons (Fsp3) is 0.389. The highest BCUT2D eigenvalue weighted by Crippen LogP contribution is 2.22. The van der Waals surface area contributed by atoms with Crippen LogP contribution in [0, 0.1) is 6.92 Å². The molecule has 1 aliphatic heterocycles. The number of amides is 2. The van der Waals surface area contributed by atoms with Gasteiger partial charge in [-0.25, -0.2) is 0 Å². The first-order chi connectivity index (χ1) is 11.5. The number of aryl methyl sites for hydroxylation is 2. The Labute approximate surface area is 141 Å². The van der Waals surface area contributed by atoms with Gasteiger partial charge in [-0.05, 0) is 32.4 Å². The number of hydrogen-bond donors (Lipinski definition) is 0. The maximum absolute atomic E-state index is 12.6. The van der Waals surface area contributed by atoms with Crippen LogP contribution >= 0.6 is 0 Å². The Morgan fingerprint density at radius 3 is 2.67 bits per heavy atom. The van der Waals surface area contributed by atoms with Crippen LogP contribution in [0.5, 0.6) is 0 Å². The van der Waals surface area contributed by atoms with Gasteiger partial charge in [0.15, 0.2) is 0 Å². The summed E-state index contributed by atoms with van der Waals surface area (Å²) < 4.78 is 5.11. The number of hydrogen-bond acceptors (Lipinski definition) is 4. The second kappa shape index (κ2) is 6.47. The molecule has 0 unspecified atom stereocenters. The van der Waals surface area contributed by atoms with Crippen molar-refractivity contribution in [2.24, 2.45) is 0 Å². The third-order valence-corrected chi connectivity index (χ3v) is 4.32. The Morgan fingerprint density at radius 1 is 1.33 bits per heavy atom. The molecule has 0 aliphatic carbocycles. The molecule has 0 spiro atoms. The standard InChI is InChI=1S/C18H21N3O3/c1-4-14-9-16(24-19-14)18(23)20-11-17(22)21(10-13(20)3)15-7-5-12(2)6-8-15/h5-9,13H,4,10-11H2,1-3H3/t13-/m0/s1. The number of carbonyl (C=O) groups is 2. The molecular weight excluding hydrogens is 306 g/mol. The molecule has 1 aromatic carbocycles. The molecule has 6 heteroatoms. The van der Waals surface area contributed by atoms with Crippen LogP contribution in [0.1, 0.15) is 35.7 Å². The summed E-state index contributed by atoms with van der Waals surface area (Å²) in [6, 6.07) is 9.36. The van der Waals surface area contributed by atoms with Gasteiger partial charge in [0.05, 0.1) is 5.69 Å². The summed E-state index contributed by atoms with van der Waals surface area (Å²) in [6.45, 7) is 6.38. The monoisotopic (exact) mass is 327 g/mol. The Bertz CT molecular complexity index is 751. The number of rotatable bonds is 3. The Kier molecular flexibility index (Phi) is 4.38. The van der Waals surface area contributed by atoms with Gasteiger partial charge in [0.2, 0.25) is 11.7 Å². The van der Waals surface area contributed by atoms with E-state index in [9.17, 15) is 9.59 Å². The summed E-state index contributed by atoms with van der Waals surface area (Å²) in [5.41, 5.74) is 2.73. The Balaban J connectivity index is 1.76. The van der Waals surface area contributed by atoms with E-state index in [1.54, 1.807) is 15.9 Å². The van der Waals surface area contributed by atoms with Crippen LogP contribution in [0.4, 0.5) is 5.69 Å². The van der Waals surface area contributed by atoms with Gasteiger partial charge in [0, 0.05) is 24.3 Å². The molecular formula is C18H21N3O3. The van der Waals surface area contributed by atoms with E-state index < -0.39 is 0 Å². The lowest BCUT2D eigenvalue weighted by atomic mass is 10.1. The molecule has 126 valence electrons. The maximum Gasteiger partial charge on any atom is 0.293 e. The van der Waals surface area contributed by atoms with Crippen molar-refractivity contribution in [3.05, 3.63) is 47.3 Å². The fourth-order valence-corrected chi connectivity index (χ4v) is 2.82. The van der Waals surface area contributed by atoms with Gasteiger partial charge in [-0.3, -0.25) is 9.59 Å². The Hall–Kier alpha value is -2.63. The summed E-state index contributed by atoms with van der Waals surface area (Å²) in [5.74, 6) is -0.192. The van der Waals surface area contributed by atoms with Crippen molar-refractivity contribution < 1.29 is 14.1 Å². The molecule has 1 atom stereocenters. The molecule has 3 rings (SSSR count). The van der Waals surface area contributed by atoms with Gasteiger partial charge < -0.3 is 14.3 Å². The summed E-state index contributed by atoms with van der Waals surface area (Å²) in [4.78, 5) is 28.4. The molecule has 0 radical (unpaired) electrons. The highest BCUT2D eigenvalue weighted by atomic mass is 16.5. The fourth-order valence-electron chi connectivity index (χ4n) is 2.82. The van der Waals surface area contributed by atoms with Crippen molar-refractivity contribution in [1.82, 2.24) is 10.1 Å². The van der Waals surface area contributed by atoms with E-state index in [1.165, 1.54) is 0 Å². The molecule has 1 aromatic heterocycles. The first-order valence-electron chi connectivity index (χ1n) is 8.13. The summed E-state index contributed by atoms with van der Waals surface area (Å²) in [7, 11) is 0. The average Bonchev–Trinajstić information content (AvgIpc) is 3.06. The predicted octanol–water partition coefficient (Wildman–Crippen LogP) is 2.42. The average molecular weight is 327 g/mol. The van der Waals surface area contributed by atoms with Crippen molar-refractivity contribution in [2.75, 3.05) is 18.0 Å². The largest absolute Gasteiger partial charge is 0.351 e. The zero-order chi connectivity index (χ0) is 17.3. The number of piperazine rings is 1. The van der Waals surface area contributed by atoms with E-state index >= 15 is 0 Å². The molecule has 2 amide bonds. The number of aromatic nitrogens is 1. The number of anilines is 1. The third kappa shape index (κ3) is 3.04. The Morgan fingerprint density at radius 2 is 2.04 bits per heavy atom. The lowest BCUT2D eigenvalue weighted by Crippen LogP contribution is -2.57. The number of benzene rings is 1. The van der Waals surface area contributed by atoms with E-state index in [2.05, 4.69) is 5.16 Å². The van der Waals surface area contributed by atoms with Gasteiger partial charge in [-0.15, -0.1) is 0 Å². The summed E-state index contributed by atoms with van der Waals surface area (Å²) in [5, 5.41) is 3.85. The molecule has 1 aliphatic rings. The summed E-state index contributed by atoms with van der Waals surface area (Å²) in [6.07, 6.45) is 0.701. The first-order valence-corrected chi connectivity index (χ1v) is 8.13. The molecule has 1 saturated heterocycles. The lowest BCUT2D eigenvalue weighted by Gasteiger charge is -2.38. The molecule has 0 N–H and O–H groups in total. The lowest BCUT2D eigenvalue weighted by molar-refractivity contribution is -0.121. The van der Waals surface area contributed by atoms with Gasteiger partial charge in [-0.1, -0.05) is 29.8 Å². The van der Waals surface area contributed by atoms with E-state index in [-0.39, 0.29) is 30.2 Å². The quantitative estimate of drug-likeness (QED) is 0.868. The van der Waals surface area contributed by atoms with Crippen molar-refractivity contribution >= 4 is 17.5 Å². The van der Waals surface area contributed by atoms with Crippen LogP contribution in [0.2, 0.25) is 0 Å². The van der Waals surface area contributed by atoms with Gasteiger partial charge in [0.1, 0.15) is 6.54 Å². The van der Waals surface area contributed by atoms with E-state index in [1.807, 2.05) is 45.0 Å². The molecule has 2 heterocycles. The maximum atomic E-state index is 12.6. The van der Waals surface area contributed by atoms with Crippen LogP contribution in [0.15, 0.2) is 34.9 Å². The molecule has 1 fully saturated rings. The van der Waals surface area contributed by atoms with Crippen molar-refractivity contribution in [3.8, 4) is 0 Å². The molecule has 0 bridgehead atoms. The van der Waals surface area contributed by atoms with Crippen molar-refractivity contribution in [2.45, 2.75) is 33.2 Å². The zero-order valence-electron chi connectivity index (χ0n) is 14.2. The van der Waals surface area contributed by atoms with Crippen LogP contribution in [-0.2, 0) is 11.2 Å². The minimum absolute atomic E-state index is 0.0377. The minimum Gasteiger partial charge on any atom is -0.351 e. The second-order valence-electron chi connectivity index (χ2n) is 6.16. The van der Waals surface area contributed by atoms with E-state index in [4.69, 9.17) is 4.52 Å². The van der Waals surface area contributed by atoms with Crippen molar-refractivity contribution in [1.29, 1.82) is 0 Å². The third-order valence-electron chi connectivity index (χ3n) is 4.32. The van der Waals surface area contributed by atoms with Crippen LogP contribution in [0.3, 0.4) is 0 Å². The van der Waals surface area contributed by atoms with Gasteiger partial charge in [-0.2, -0.15) is 0 Å². The SMILES string of the molecule is CCc1cc(C(=O)N2CC(=O)N(c3ccc(C)cc3)C[C@@H]2C)on1. The molecule has 0 saturated carbocycles. The number of carbonyl (C=O) groups excluding carboxylic acids is 2. The topological polar surface area (TPSA) is 66.7 Å². The first kappa shape index (κ1) is 16.2. The minimum atomic E-state index is -0.286. The molecule has 24 heavy (non-hydrogen) atoms. The van der Waals surface area contributed by atoms with Gasteiger partial charge in [0.25, 0.3) is 5.91 Å². The highest BCUT2D eigenvalue weighted by Gasteiger charge is 2.35. The van der Waals surface area contributed by atoms with Crippen LogP contribution in [-0.4, -0.2) is 41.0 Å². The molecule has 2 aromatic rings. The zero-order valence-corrected chi connectivity index (χ0v) is 14.2. The van der Waals surface area contributed by atoms with Crippen LogP contribution < -0.4 is 4.90 Å². The normalized spacial score (nSPS) is 18.1. The molecule has 6 nitrogen and oxygen atoms in total.